The summed E-state index contributed by atoms with van der Waals surface area (Å²) in [6.45, 7) is 1.96. The van der Waals surface area contributed by atoms with E-state index in [0.717, 1.165) is 25.4 Å². The third kappa shape index (κ3) is 3.91. The van der Waals surface area contributed by atoms with Gasteiger partial charge in [-0.1, -0.05) is 29.5 Å². The summed E-state index contributed by atoms with van der Waals surface area (Å²) in [6, 6.07) is 12.1. The van der Waals surface area contributed by atoms with Crippen LogP contribution in [0.1, 0.15) is 17.8 Å². The predicted molar refractivity (Wildman–Crippen MR) is 114 cm³/mol. The molecule has 2 aromatic carbocycles. The molecule has 0 saturated carbocycles. The molecule has 0 aliphatic rings. The Labute approximate surface area is 170 Å². The number of carbonyl (C=O) groups is 1. The standard InChI is InChI=1S/C19H17N3O3S3/c1-12-20-14-9-10-15-18(17(14)26-12)27-19(21-15)22-16(23)8-5-11-28(24,25)13-6-3-2-4-7-13/h2-4,6-7,9-10H,5,8,11H2,1H3,(H,21,22,23). The van der Waals surface area contributed by atoms with Crippen molar-refractivity contribution in [3.63, 3.8) is 0 Å². The van der Waals surface area contributed by atoms with E-state index in [1.165, 1.54) is 11.3 Å². The summed E-state index contributed by atoms with van der Waals surface area (Å²) in [6.07, 6.45) is 0.378. The number of thiazole rings is 2. The summed E-state index contributed by atoms with van der Waals surface area (Å²) >= 11 is 3.02. The molecule has 4 rings (SSSR count). The second-order valence-electron chi connectivity index (χ2n) is 6.30. The molecule has 2 aromatic heterocycles. The minimum absolute atomic E-state index is 0.0644. The van der Waals surface area contributed by atoms with Gasteiger partial charge in [-0.15, -0.1) is 11.3 Å². The smallest absolute Gasteiger partial charge is 0.226 e. The maximum absolute atomic E-state index is 12.3. The summed E-state index contributed by atoms with van der Waals surface area (Å²) < 4.78 is 26.6. The molecular weight excluding hydrogens is 414 g/mol. The van der Waals surface area contributed by atoms with Crippen molar-refractivity contribution >= 4 is 64.0 Å². The zero-order valence-corrected chi connectivity index (χ0v) is 17.5. The fraction of sp³-hybridized carbons (Fsp3) is 0.211. The van der Waals surface area contributed by atoms with Crippen LogP contribution in [-0.2, 0) is 14.6 Å². The number of amides is 1. The number of aryl methyl sites for hydroxylation is 1. The Kier molecular flexibility index (Phi) is 5.13. The Hall–Kier alpha value is -2.36. The van der Waals surface area contributed by atoms with Gasteiger partial charge in [-0.25, -0.2) is 18.4 Å². The Balaban J connectivity index is 1.41. The van der Waals surface area contributed by atoms with E-state index in [2.05, 4.69) is 15.3 Å². The van der Waals surface area contributed by atoms with Gasteiger partial charge in [0, 0.05) is 6.42 Å². The van der Waals surface area contributed by atoms with Crippen molar-refractivity contribution in [3.8, 4) is 0 Å². The number of rotatable bonds is 6. The van der Waals surface area contributed by atoms with Crippen LogP contribution in [0, 0.1) is 6.92 Å². The lowest BCUT2D eigenvalue weighted by atomic mass is 10.3. The zero-order valence-electron chi connectivity index (χ0n) is 15.0. The molecule has 0 fully saturated rings. The summed E-state index contributed by atoms with van der Waals surface area (Å²) in [5.41, 5.74) is 1.76. The van der Waals surface area contributed by atoms with Gasteiger partial charge in [-0.2, -0.15) is 0 Å². The van der Waals surface area contributed by atoms with E-state index in [1.807, 2.05) is 19.1 Å². The summed E-state index contributed by atoms with van der Waals surface area (Å²) in [5, 5.41) is 4.29. The first kappa shape index (κ1) is 19.0. The lowest BCUT2D eigenvalue weighted by Gasteiger charge is -2.04. The molecule has 0 saturated heterocycles. The molecule has 1 N–H and O–H groups in total. The molecule has 144 valence electrons. The number of aromatic nitrogens is 2. The minimum Gasteiger partial charge on any atom is -0.302 e. The van der Waals surface area contributed by atoms with Gasteiger partial charge >= 0.3 is 0 Å². The van der Waals surface area contributed by atoms with Crippen LogP contribution >= 0.6 is 22.7 Å². The van der Waals surface area contributed by atoms with Gasteiger partial charge in [0.15, 0.2) is 15.0 Å². The second-order valence-corrected chi connectivity index (χ2v) is 10.6. The molecule has 0 atom stereocenters. The SMILES string of the molecule is Cc1nc2ccc3nc(NC(=O)CCCS(=O)(=O)c4ccccc4)sc3c2s1. The van der Waals surface area contributed by atoms with Crippen molar-refractivity contribution in [2.45, 2.75) is 24.7 Å². The van der Waals surface area contributed by atoms with Gasteiger partial charge in [0.1, 0.15) is 0 Å². The molecule has 0 radical (unpaired) electrons. The fourth-order valence-corrected chi connectivity index (χ4v) is 6.24. The molecule has 0 bridgehead atoms. The normalized spacial score (nSPS) is 11.9. The molecule has 4 aromatic rings. The first-order valence-corrected chi connectivity index (χ1v) is 12.0. The fourth-order valence-electron chi connectivity index (χ4n) is 2.89. The van der Waals surface area contributed by atoms with Crippen LogP contribution in [0.4, 0.5) is 5.13 Å². The highest BCUT2D eigenvalue weighted by molar-refractivity contribution is 7.91. The molecule has 2 heterocycles. The van der Waals surface area contributed by atoms with Crippen LogP contribution in [0.5, 0.6) is 0 Å². The average Bonchev–Trinajstić information content (AvgIpc) is 3.24. The molecule has 28 heavy (non-hydrogen) atoms. The lowest BCUT2D eigenvalue weighted by Crippen LogP contribution is -2.14. The first-order chi connectivity index (χ1) is 13.4. The largest absolute Gasteiger partial charge is 0.302 e. The van der Waals surface area contributed by atoms with E-state index in [-0.39, 0.29) is 29.4 Å². The number of nitrogens with one attached hydrogen (secondary N) is 1. The van der Waals surface area contributed by atoms with E-state index in [9.17, 15) is 13.2 Å². The second kappa shape index (κ2) is 7.57. The molecule has 9 heteroatoms. The van der Waals surface area contributed by atoms with E-state index in [4.69, 9.17) is 0 Å². The number of fused-ring (bicyclic) bond motifs is 3. The monoisotopic (exact) mass is 431 g/mol. The van der Waals surface area contributed by atoms with Gasteiger partial charge in [-0.3, -0.25) is 4.79 Å². The van der Waals surface area contributed by atoms with Crippen molar-refractivity contribution in [1.82, 2.24) is 9.97 Å². The van der Waals surface area contributed by atoms with Gasteiger partial charge in [0.05, 0.1) is 36.1 Å². The Morgan fingerprint density at radius 2 is 1.68 bits per heavy atom. The van der Waals surface area contributed by atoms with Crippen molar-refractivity contribution < 1.29 is 13.2 Å². The Morgan fingerprint density at radius 3 is 2.43 bits per heavy atom. The number of hydrogen-bond donors (Lipinski definition) is 1. The molecule has 1 amide bonds. The van der Waals surface area contributed by atoms with Gasteiger partial charge in [0.2, 0.25) is 5.91 Å². The summed E-state index contributed by atoms with van der Waals surface area (Å²) in [5.74, 6) is -0.301. The Morgan fingerprint density at radius 1 is 1.00 bits per heavy atom. The van der Waals surface area contributed by atoms with Crippen LogP contribution in [0.25, 0.3) is 20.4 Å². The Bertz CT molecular complexity index is 1260. The summed E-state index contributed by atoms with van der Waals surface area (Å²) in [7, 11) is -3.37. The maximum atomic E-state index is 12.3. The molecule has 6 nitrogen and oxygen atoms in total. The topological polar surface area (TPSA) is 89.0 Å². The number of sulfone groups is 1. The number of nitrogens with zero attached hydrogens (tertiary/aromatic N) is 2. The van der Waals surface area contributed by atoms with E-state index in [1.54, 1.807) is 41.7 Å². The van der Waals surface area contributed by atoms with Crippen LogP contribution < -0.4 is 5.32 Å². The molecule has 0 aliphatic heterocycles. The minimum atomic E-state index is -3.37. The number of benzene rings is 2. The maximum Gasteiger partial charge on any atom is 0.226 e. The third-order valence-electron chi connectivity index (χ3n) is 4.18. The van der Waals surface area contributed by atoms with Gasteiger partial charge in [0.25, 0.3) is 0 Å². The van der Waals surface area contributed by atoms with Crippen LogP contribution in [0.3, 0.4) is 0 Å². The quantitative estimate of drug-likeness (QED) is 0.488. The van der Waals surface area contributed by atoms with Crippen LogP contribution in [-0.4, -0.2) is 30.0 Å². The molecule has 0 unspecified atom stereocenters. The van der Waals surface area contributed by atoms with E-state index in [0.29, 0.717) is 5.13 Å². The average molecular weight is 432 g/mol. The predicted octanol–water partition coefficient (Wildman–Crippen LogP) is 4.41. The van der Waals surface area contributed by atoms with E-state index >= 15 is 0 Å². The summed E-state index contributed by atoms with van der Waals surface area (Å²) in [4.78, 5) is 21.5. The number of hydrogen-bond acceptors (Lipinski definition) is 7. The van der Waals surface area contributed by atoms with Gasteiger partial charge < -0.3 is 5.32 Å². The zero-order chi connectivity index (χ0) is 19.7. The van der Waals surface area contributed by atoms with Crippen LogP contribution in [0.15, 0.2) is 47.4 Å². The number of carbonyl (C=O) groups excluding carboxylic acids is 1. The van der Waals surface area contributed by atoms with Crippen LogP contribution in [0.2, 0.25) is 0 Å². The molecule has 0 spiro atoms. The van der Waals surface area contributed by atoms with Crippen molar-refractivity contribution in [3.05, 3.63) is 47.5 Å². The van der Waals surface area contributed by atoms with E-state index < -0.39 is 9.84 Å². The highest BCUT2D eigenvalue weighted by Crippen LogP contribution is 2.35. The highest BCUT2D eigenvalue weighted by atomic mass is 32.2. The highest BCUT2D eigenvalue weighted by Gasteiger charge is 2.16. The van der Waals surface area contributed by atoms with Gasteiger partial charge in [-0.05, 0) is 37.6 Å². The molecule has 0 aliphatic carbocycles. The van der Waals surface area contributed by atoms with Crippen molar-refractivity contribution in [2.24, 2.45) is 0 Å². The third-order valence-corrected chi connectivity index (χ3v) is 8.14. The first-order valence-electron chi connectivity index (χ1n) is 8.67. The lowest BCUT2D eigenvalue weighted by molar-refractivity contribution is -0.116. The molecular formula is C19H17N3O3S3. The number of anilines is 1. The van der Waals surface area contributed by atoms with Crippen molar-refractivity contribution in [1.29, 1.82) is 0 Å². The van der Waals surface area contributed by atoms with Crippen molar-refractivity contribution in [2.75, 3.05) is 11.1 Å².